The third-order valence-corrected chi connectivity index (χ3v) is 3.72. The first-order chi connectivity index (χ1) is 7.76. The molecule has 0 unspecified atom stereocenters. The van der Waals surface area contributed by atoms with E-state index in [9.17, 15) is 5.11 Å². The molecule has 1 saturated heterocycles. The van der Waals surface area contributed by atoms with Crippen molar-refractivity contribution < 1.29 is 9.84 Å². The molecule has 1 N–H and O–H groups in total. The van der Waals surface area contributed by atoms with Crippen LogP contribution in [0.3, 0.4) is 0 Å². The molecule has 2 heterocycles. The maximum atomic E-state index is 9.56. The molecule has 4 nitrogen and oxygen atoms in total. The normalized spacial score (nSPS) is 19.9. The van der Waals surface area contributed by atoms with Gasteiger partial charge in [-0.1, -0.05) is 0 Å². The van der Waals surface area contributed by atoms with Crippen molar-refractivity contribution in [3.63, 3.8) is 0 Å². The van der Waals surface area contributed by atoms with Gasteiger partial charge in [0.2, 0.25) is 0 Å². The summed E-state index contributed by atoms with van der Waals surface area (Å²) < 4.78 is 7.27. The third-order valence-electron chi connectivity index (χ3n) is 3.72. The first-order valence-corrected chi connectivity index (χ1v) is 5.91. The van der Waals surface area contributed by atoms with Crippen molar-refractivity contribution in [1.82, 2.24) is 9.78 Å². The van der Waals surface area contributed by atoms with Crippen molar-refractivity contribution in [3.05, 3.63) is 18.0 Å². The number of rotatable bonds is 4. The van der Waals surface area contributed by atoms with Gasteiger partial charge in [0.25, 0.3) is 0 Å². The Bertz CT molecular complexity index is 330. The molecule has 1 fully saturated rings. The van der Waals surface area contributed by atoms with Crippen LogP contribution in [0.4, 0.5) is 0 Å². The van der Waals surface area contributed by atoms with E-state index in [0.29, 0.717) is 0 Å². The van der Waals surface area contributed by atoms with Crippen LogP contribution in [0.25, 0.3) is 0 Å². The SMILES string of the molecule is Cn1nccc1CCC1(CO)CCOCC1. The minimum atomic E-state index is 0.0719. The lowest BCUT2D eigenvalue weighted by Crippen LogP contribution is -2.33. The third kappa shape index (κ3) is 2.44. The number of aliphatic hydroxyl groups is 1. The lowest BCUT2D eigenvalue weighted by atomic mass is 9.77. The fourth-order valence-electron chi connectivity index (χ4n) is 2.33. The summed E-state index contributed by atoms with van der Waals surface area (Å²) >= 11 is 0. The molecule has 0 amide bonds. The van der Waals surface area contributed by atoms with Gasteiger partial charge in [0.05, 0.1) is 0 Å². The number of aryl methyl sites for hydroxylation is 2. The summed E-state index contributed by atoms with van der Waals surface area (Å²) in [5.41, 5.74) is 1.31. The van der Waals surface area contributed by atoms with Crippen molar-refractivity contribution in [2.24, 2.45) is 12.5 Å². The van der Waals surface area contributed by atoms with E-state index in [0.717, 1.165) is 38.9 Å². The van der Waals surface area contributed by atoms with E-state index in [4.69, 9.17) is 4.74 Å². The zero-order valence-corrected chi connectivity index (χ0v) is 9.85. The summed E-state index contributed by atoms with van der Waals surface area (Å²) in [6.45, 7) is 1.84. The fraction of sp³-hybridized carbons (Fsp3) is 0.750. The fourth-order valence-corrected chi connectivity index (χ4v) is 2.33. The molecule has 16 heavy (non-hydrogen) atoms. The molecule has 0 aliphatic carbocycles. The van der Waals surface area contributed by atoms with Crippen molar-refractivity contribution in [1.29, 1.82) is 0 Å². The monoisotopic (exact) mass is 224 g/mol. The quantitative estimate of drug-likeness (QED) is 0.834. The zero-order valence-electron chi connectivity index (χ0n) is 9.85. The molecule has 1 aliphatic rings. The van der Waals surface area contributed by atoms with Crippen LogP contribution in [0, 0.1) is 5.41 Å². The Labute approximate surface area is 96.2 Å². The smallest absolute Gasteiger partial charge is 0.0492 e. The molecule has 0 bridgehead atoms. The summed E-state index contributed by atoms with van der Waals surface area (Å²) in [6.07, 6.45) is 5.77. The van der Waals surface area contributed by atoms with E-state index in [-0.39, 0.29) is 12.0 Å². The number of aromatic nitrogens is 2. The van der Waals surface area contributed by atoms with E-state index in [2.05, 4.69) is 5.10 Å². The largest absolute Gasteiger partial charge is 0.396 e. The van der Waals surface area contributed by atoms with Gasteiger partial charge >= 0.3 is 0 Å². The van der Waals surface area contributed by atoms with E-state index in [1.54, 1.807) is 0 Å². The summed E-state index contributed by atoms with van der Waals surface area (Å²) in [5.74, 6) is 0. The Kier molecular flexibility index (Phi) is 3.61. The zero-order chi connectivity index (χ0) is 11.4. The minimum Gasteiger partial charge on any atom is -0.396 e. The molecule has 1 aromatic rings. The lowest BCUT2D eigenvalue weighted by molar-refractivity contribution is -0.0206. The van der Waals surface area contributed by atoms with E-state index < -0.39 is 0 Å². The van der Waals surface area contributed by atoms with Gasteiger partial charge in [-0.25, -0.2) is 0 Å². The molecule has 0 saturated carbocycles. The van der Waals surface area contributed by atoms with Crippen LogP contribution >= 0.6 is 0 Å². The van der Waals surface area contributed by atoms with Gasteiger partial charge in [-0.3, -0.25) is 4.68 Å². The second-order valence-corrected chi connectivity index (χ2v) is 4.72. The number of hydrogen-bond donors (Lipinski definition) is 1. The first-order valence-electron chi connectivity index (χ1n) is 5.91. The molecule has 90 valence electrons. The summed E-state index contributed by atoms with van der Waals surface area (Å²) in [6, 6.07) is 2.05. The van der Waals surface area contributed by atoms with Crippen LogP contribution in [0.5, 0.6) is 0 Å². The number of hydrogen-bond acceptors (Lipinski definition) is 3. The van der Waals surface area contributed by atoms with Crippen molar-refractivity contribution in [3.8, 4) is 0 Å². The Morgan fingerprint density at radius 3 is 2.81 bits per heavy atom. The Morgan fingerprint density at radius 2 is 2.25 bits per heavy atom. The van der Waals surface area contributed by atoms with E-state index in [1.807, 2.05) is 24.0 Å². The molecule has 0 aromatic carbocycles. The number of nitrogens with zero attached hydrogens (tertiary/aromatic N) is 2. The second-order valence-electron chi connectivity index (χ2n) is 4.72. The molecule has 0 atom stereocenters. The highest BCUT2D eigenvalue weighted by atomic mass is 16.5. The first kappa shape index (κ1) is 11.6. The predicted molar refractivity (Wildman–Crippen MR) is 61.1 cm³/mol. The average Bonchev–Trinajstić information content (AvgIpc) is 2.74. The Balaban J connectivity index is 1.94. The van der Waals surface area contributed by atoms with Crippen molar-refractivity contribution in [2.45, 2.75) is 25.7 Å². The van der Waals surface area contributed by atoms with Crippen LogP contribution in [-0.2, 0) is 18.2 Å². The molecular formula is C12H20N2O2. The molecule has 0 radical (unpaired) electrons. The van der Waals surface area contributed by atoms with Gasteiger partial charge in [-0.15, -0.1) is 0 Å². The van der Waals surface area contributed by atoms with Gasteiger partial charge < -0.3 is 9.84 Å². The van der Waals surface area contributed by atoms with Crippen LogP contribution in [0.1, 0.15) is 25.0 Å². The van der Waals surface area contributed by atoms with Crippen LogP contribution in [0.2, 0.25) is 0 Å². The Morgan fingerprint density at radius 1 is 1.50 bits per heavy atom. The molecule has 2 rings (SSSR count). The van der Waals surface area contributed by atoms with E-state index >= 15 is 0 Å². The maximum absolute atomic E-state index is 9.56. The molecule has 0 spiro atoms. The maximum Gasteiger partial charge on any atom is 0.0492 e. The molecular weight excluding hydrogens is 204 g/mol. The average molecular weight is 224 g/mol. The van der Waals surface area contributed by atoms with Gasteiger partial charge in [-0.2, -0.15) is 5.10 Å². The van der Waals surface area contributed by atoms with Crippen LogP contribution < -0.4 is 0 Å². The highest BCUT2D eigenvalue weighted by Crippen LogP contribution is 2.34. The number of ether oxygens (including phenoxy) is 1. The highest BCUT2D eigenvalue weighted by molar-refractivity contribution is 5.01. The van der Waals surface area contributed by atoms with Gasteiger partial charge in [0.1, 0.15) is 0 Å². The summed E-state index contributed by atoms with van der Waals surface area (Å²) in [7, 11) is 1.96. The molecule has 1 aliphatic heterocycles. The molecule has 4 heteroatoms. The predicted octanol–water partition coefficient (Wildman–Crippen LogP) is 1.14. The van der Waals surface area contributed by atoms with Gasteiger partial charge in [0, 0.05) is 38.8 Å². The summed E-state index contributed by atoms with van der Waals surface area (Å²) in [4.78, 5) is 0. The van der Waals surface area contributed by atoms with Crippen LogP contribution in [0.15, 0.2) is 12.3 Å². The standard InChI is InChI=1S/C12H20N2O2/c1-14-11(3-7-13-14)2-4-12(10-15)5-8-16-9-6-12/h3,7,15H,2,4-6,8-10H2,1H3. The van der Waals surface area contributed by atoms with Gasteiger partial charge in [-0.05, 0) is 37.2 Å². The lowest BCUT2D eigenvalue weighted by Gasteiger charge is -2.35. The van der Waals surface area contributed by atoms with E-state index in [1.165, 1.54) is 5.69 Å². The molecule has 1 aromatic heterocycles. The summed E-state index contributed by atoms with van der Waals surface area (Å²) in [5, 5.41) is 13.7. The highest BCUT2D eigenvalue weighted by Gasteiger charge is 2.31. The van der Waals surface area contributed by atoms with Crippen molar-refractivity contribution >= 4 is 0 Å². The van der Waals surface area contributed by atoms with Crippen LogP contribution in [-0.4, -0.2) is 34.7 Å². The van der Waals surface area contributed by atoms with Gasteiger partial charge in [0.15, 0.2) is 0 Å². The van der Waals surface area contributed by atoms with Crippen molar-refractivity contribution in [2.75, 3.05) is 19.8 Å². The minimum absolute atomic E-state index is 0.0719. The Hall–Kier alpha value is -0.870. The second kappa shape index (κ2) is 4.97. The topological polar surface area (TPSA) is 47.3 Å². The number of aliphatic hydroxyl groups excluding tert-OH is 1.